The number of carbonyl (C=O) groups excluding carboxylic acids is 1. The molecule has 11 heteroatoms. The molecule has 172 valence electrons. The van der Waals surface area contributed by atoms with Gasteiger partial charge in [-0.3, -0.25) is 4.79 Å². The van der Waals surface area contributed by atoms with Gasteiger partial charge in [-0.1, -0.05) is 12.1 Å². The summed E-state index contributed by atoms with van der Waals surface area (Å²) in [6.07, 6.45) is -5.15. The molecule has 2 saturated heterocycles. The predicted molar refractivity (Wildman–Crippen MR) is 107 cm³/mol. The summed E-state index contributed by atoms with van der Waals surface area (Å²) in [5.74, 6) is -1.24. The summed E-state index contributed by atoms with van der Waals surface area (Å²) < 4.78 is 52.3. The number of piperidine rings is 1. The van der Waals surface area contributed by atoms with Crippen LogP contribution in [0.5, 0.6) is 5.75 Å². The first-order valence-corrected chi connectivity index (χ1v) is 9.66. The largest absolute Gasteiger partial charge is 0.699 e. The molecule has 2 aromatic rings. The van der Waals surface area contributed by atoms with Gasteiger partial charge in [0, 0.05) is 25.3 Å². The maximum absolute atomic E-state index is 12.6. The van der Waals surface area contributed by atoms with Crippen molar-refractivity contribution >= 4 is 23.4 Å². The number of likely N-dealkylation sites (tertiary alicyclic amines) is 1. The molecule has 32 heavy (non-hydrogen) atoms. The Hall–Kier alpha value is -3.50. The van der Waals surface area contributed by atoms with E-state index in [0.29, 0.717) is 30.9 Å². The summed E-state index contributed by atoms with van der Waals surface area (Å²) in [6, 6.07) is 10.4. The third-order valence-electron chi connectivity index (χ3n) is 5.24. The molecule has 0 spiro atoms. The zero-order valence-electron chi connectivity index (χ0n) is 16.7. The smallest absolute Gasteiger partial charge is 0.573 e. The van der Waals surface area contributed by atoms with E-state index in [9.17, 15) is 27.2 Å². The summed E-state index contributed by atoms with van der Waals surface area (Å²) in [6.45, 7) is 0.912. The summed E-state index contributed by atoms with van der Waals surface area (Å²) in [5, 5.41) is 9.05. The Bertz CT molecular complexity index is 930. The number of nitrogens with zero attached hydrogens (tertiary/aromatic N) is 2. The van der Waals surface area contributed by atoms with Gasteiger partial charge in [0.15, 0.2) is 0 Å². The minimum absolute atomic E-state index is 0.00214. The summed E-state index contributed by atoms with van der Waals surface area (Å²) in [7, 11) is 0. The fourth-order valence-corrected chi connectivity index (χ4v) is 3.74. The number of ether oxygens (including phenoxy) is 1. The van der Waals surface area contributed by atoms with Gasteiger partial charge in [0.25, 0.3) is 0 Å². The molecule has 0 saturated carbocycles. The molecule has 7 nitrogen and oxygen atoms in total. The van der Waals surface area contributed by atoms with Crippen LogP contribution in [0.15, 0.2) is 48.5 Å². The van der Waals surface area contributed by atoms with Gasteiger partial charge in [0.1, 0.15) is 11.6 Å². The van der Waals surface area contributed by atoms with Crippen LogP contribution in [0.1, 0.15) is 6.42 Å². The molecule has 2 atom stereocenters. The van der Waals surface area contributed by atoms with E-state index in [1.165, 1.54) is 46.2 Å². The highest BCUT2D eigenvalue weighted by atomic mass is 19.4. The van der Waals surface area contributed by atoms with Gasteiger partial charge in [-0.15, -0.1) is 18.9 Å². The molecule has 0 aromatic heterocycles. The summed E-state index contributed by atoms with van der Waals surface area (Å²) in [5.41, 5.74) is 7.74. The second kappa shape index (κ2) is 9.33. The van der Waals surface area contributed by atoms with E-state index in [4.69, 9.17) is 10.8 Å². The van der Waals surface area contributed by atoms with Crippen LogP contribution < -0.4 is 9.64 Å². The average Bonchev–Trinajstić information content (AvgIpc) is 3.16. The molecular formula is C21H20F4N3O4-. The molecule has 2 N–H and O–H groups in total. The van der Waals surface area contributed by atoms with Crippen molar-refractivity contribution < 1.29 is 37.0 Å². The zero-order valence-corrected chi connectivity index (χ0v) is 16.7. The monoisotopic (exact) mass is 454 g/mol. The van der Waals surface area contributed by atoms with E-state index in [1.54, 1.807) is 0 Å². The van der Waals surface area contributed by atoms with Crippen LogP contribution in [0, 0.1) is 17.7 Å². The number of benzene rings is 2. The molecule has 2 amide bonds. The second-order valence-electron chi connectivity index (χ2n) is 7.38. The van der Waals surface area contributed by atoms with Gasteiger partial charge in [-0.05, 0) is 48.7 Å². The van der Waals surface area contributed by atoms with Crippen LogP contribution in [0.3, 0.4) is 0 Å². The second-order valence-corrected chi connectivity index (χ2v) is 7.38. The van der Waals surface area contributed by atoms with Gasteiger partial charge in [0.05, 0.1) is 5.92 Å². The number of hydrogen-bond donors (Lipinski definition) is 1. The number of carboxylic acid groups (broad SMARTS) is 1. The topological polar surface area (TPSA) is 93.9 Å². The Kier molecular flexibility index (Phi) is 6.75. The highest BCUT2D eigenvalue weighted by Gasteiger charge is 2.44. The highest BCUT2D eigenvalue weighted by Crippen LogP contribution is 2.35. The SMILES string of the molecule is O=C(O)N1C[C@@H]2CCN(c3ccc(OC(F)(F)F)cc3)C(=O)[C@@H]2C1.[NH-]c1ccc(F)cc1. The van der Waals surface area contributed by atoms with E-state index in [1.807, 2.05) is 0 Å². The lowest BCUT2D eigenvalue weighted by Crippen LogP contribution is -2.45. The third-order valence-corrected chi connectivity index (χ3v) is 5.24. The molecule has 2 fully saturated rings. The quantitative estimate of drug-likeness (QED) is 0.642. The Labute approximate surface area is 181 Å². The molecule has 2 aliphatic heterocycles. The van der Waals surface area contributed by atoms with Crippen molar-refractivity contribution in [2.24, 2.45) is 11.8 Å². The van der Waals surface area contributed by atoms with Crippen molar-refractivity contribution in [2.75, 3.05) is 24.5 Å². The molecule has 2 aromatic carbocycles. The maximum atomic E-state index is 12.6. The Balaban J connectivity index is 0.000000305. The van der Waals surface area contributed by atoms with Crippen molar-refractivity contribution in [1.82, 2.24) is 4.90 Å². The first-order chi connectivity index (χ1) is 15.0. The predicted octanol–water partition coefficient (Wildman–Crippen LogP) is 5.06. The number of nitrogens with one attached hydrogen (secondary N) is 1. The fraction of sp³-hybridized carbons (Fsp3) is 0.333. The van der Waals surface area contributed by atoms with Crippen LogP contribution in [-0.2, 0) is 4.79 Å². The van der Waals surface area contributed by atoms with Gasteiger partial charge in [0.2, 0.25) is 5.91 Å². The first-order valence-electron chi connectivity index (χ1n) is 9.66. The molecule has 0 bridgehead atoms. The molecule has 2 heterocycles. The lowest BCUT2D eigenvalue weighted by atomic mass is 9.87. The van der Waals surface area contributed by atoms with E-state index < -0.39 is 18.4 Å². The maximum Gasteiger partial charge on any atom is 0.573 e. The number of rotatable bonds is 2. The fourth-order valence-electron chi connectivity index (χ4n) is 3.74. The van der Waals surface area contributed by atoms with Gasteiger partial charge < -0.3 is 25.4 Å². The number of carbonyl (C=O) groups is 2. The number of fused-ring (bicyclic) bond motifs is 1. The molecule has 0 aliphatic carbocycles. The molecule has 4 rings (SSSR count). The van der Waals surface area contributed by atoms with Crippen molar-refractivity contribution in [3.8, 4) is 5.75 Å². The lowest BCUT2D eigenvalue weighted by Gasteiger charge is -2.33. The Morgan fingerprint density at radius 3 is 2.22 bits per heavy atom. The van der Waals surface area contributed by atoms with E-state index in [2.05, 4.69) is 4.74 Å². The van der Waals surface area contributed by atoms with Crippen LogP contribution in [-0.4, -0.2) is 48.0 Å². The molecule has 0 radical (unpaired) electrons. The number of alkyl halides is 3. The highest BCUT2D eigenvalue weighted by molar-refractivity contribution is 5.96. The number of hydrogen-bond acceptors (Lipinski definition) is 3. The van der Waals surface area contributed by atoms with Gasteiger partial charge >= 0.3 is 12.5 Å². The third kappa shape index (κ3) is 5.80. The van der Waals surface area contributed by atoms with Crippen molar-refractivity contribution in [1.29, 1.82) is 0 Å². The zero-order chi connectivity index (χ0) is 23.5. The minimum Gasteiger partial charge on any atom is -0.699 e. The van der Waals surface area contributed by atoms with Gasteiger partial charge in [-0.2, -0.15) is 0 Å². The van der Waals surface area contributed by atoms with E-state index in [-0.39, 0.29) is 29.9 Å². The van der Waals surface area contributed by atoms with Gasteiger partial charge in [-0.25, -0.2) is 9.18 Å². The molecule has 2 aliphatic rings. The van der Waals surface area contributed by atoms with Crippen LogP contribution in [0.2, 0.25) is 0 Å². The van der Waals surface area contributed by atoms with Crippen molar-refractivity contribution in [2.45, 2.75) is 12.8 Å². The normalized spacial score (nSPS) is 20.3. The average molecular weight is 454 g/mol. The first kappa shape index (κ1) is 23.2. The molecular weight excluding hydrogens is 434 g/mol. The lowest BCUT2D eigenvalue weighted by molar-refractivity contribution is -0.274. The summed E-state index contributed by atoms with van der Waals surface area (Å²) in [4.78, 5) is 26.4. The van der Waals surface area contributed by atoms with E-state index >= 15 is 0 Å². The standard InChI is InChI=1S/C15H15F3N2O4.C6H5FN/c16-15(17,18)24-11-3-1-10(2-4-11)20-6-5-9-7-19(14(22)23)8-12(9)13(20)21;7-5-1-3-6(8)4-2-5/h1-4,9,12H,5-8H2,(H,22,23);1-4,8H/q;-1/t9-,12+;/m0./s1. The summed E-state index contributed by atoms with van der Waals surface area (Å²) >= 11 is 0. The Morgan fingerprint density at radius 2 is 1.69 bits per heavy atom. The van der Waals surface area contributed by atoms with Crippen LogP contribution >= 0.6 is 0 Å². The molecule has 0 unspecified atom stereocenters. The van der Waals surface area contributed by atoms with Crippen LogP contribution in [0.4, 0.5) is 33.7 Å². The Morgan fingerprint density at radius 1 is 1.06 bits per heavy atom. The van der Waals surface area contributed by atoms with Crippen LogP contribution in [0.25, 0.3) is 5.73 Å². The minimum atomic E-state index is -4.76. The van der Waals surface area contributed by atoms with Crippen molar-refractivity contribution in [3.63, 3.8) is 0 Å². The number of halogens is 4. The van der Waals surface area contributed by atoms with E-state index in [0.717, 1.165) is 12.1 Å². The number of amides is 2. The van der Waals surface area contributed by atoms with Crippen molar-refractivity contribution in [3.05, 3.63) is 60.1 Å². The number of anilines is 1.